The number of unbranched alkanes of at least 4 members (excludes halogenated alkanes) is 1. The van der Waals surface area contributed by atoms with E-state index in [1.54, 1.807) is 18.2 Å². The minimum Gasteiger partial charge on any atom is -0.503 e. The molecule has 0 radical (unpaired) electrons. The highest BCUT2D eigenvalue weighted by Gasteiger charge is 2.43. The summed E-state index contributed by atoms with van der Waals surface area (Å²) in [7, 11) is 0. The summed E-state index contributed by atoms with van der Waals surface area (Å²) in [5.74, 6) is -1.79. The van der Waals surface area contributed by atoms with Crippen molar-refractivity contribution in [1.29, 1.82) is 0 Å². The van der Waals surface area contributed by atoms with Crippen molar-refractivity contribution in [2.75, 3.05) is 6.54 Å². The van der Waals surface area contributed by atoms with E-state index in [1.807, 2.05) is 0 Å². The second-order valence-electron chi connectivity index (χ2n) is 6.62. The van der Waals surface area contributed by atoms with Gasteiger partial charge >= 0.3 is 0 Å². The van der Waals surface area contributed by atoms with Crippen molar-refractivity contribution in [3.63, 3.8) is 0 Å². The first-order valence-electron chi connectivity index (χ1n) is 8.91. The van der Waals surface area contributed by atoms with Crippen molar-refractivity contribution in [3.8, 4) is 0 Å². The van der Waals surface area contributed by atoms with E-state index >= 15 is 0 Å². The minimum absolute atomic E-state index is 0.0135. The summed E-state index contributed by atoms with van der Waals surface area (Å²) in [6, 6.07) is 5.24. The van der Waals surface area contributed by atoms with Crippen LogP contribution >= 0.6 is 0 Å². The molecule has 4 nitrogen and oxygen atoms in total. The molecule has 1 aliphatic heterocycles. The molecule has 0 spiro atoms. The van der Waals surface area contributed by atoms with E-state index in [0.29, 0.717) is 6.54 Å². The molecule has 0 saturated carbocycles. The van der Waals surface area contributed by atoms with Crippen LogP contribution in [-0.4, -0.2) is 28.2 Å². The van der Waals surface area contributed by atoms with Crippen molar-refractivity contribution in [2.24, 2.45) is 5.92 Å². The monoisotopic (exact) mass is 347 g/mol. The van der Waals surface area contributed by atoms with Crippen LogP contribution in [0.25, 0.3) is 0 Å². The first kappa shape index (κ1) is 19.2. The number of Topliss-reactive ketones (excluding diaryl/α,β-unsaturated/α-hetero) is 1. The summed E-state index contributed by atoms with van der Waals surface area (Å²) in [5.41, 5.74) is 0.232. The first-order chi connectivity index (χ1) is 11.9. The van der Waals surface area contributed by atoms with E-state index in [-0.39, 0.29) is 17.1 Å². The van der Waals surface area contributed by atoms with Crippen molar-refractivity contribution in [2.45, 2.75) is 52.5 Å². The van der Waals surface area contributed by atoms with Crippen LogP contribution in [0, 0.1) is 11.7 Å². The number of halogens is 1. The molecule has 5 heteroatoms. The normalized spacial score (nSPS) is 18.8. The summed E-state index contributed by atoms with van der Waals surface area (Å²) in [6.45, 7) is 5.86. The van der Waals surface area contributed by atoms with E-state index < -0.39 is 29.3 Å². The van der Waals surface area contributed by atoms with Gasteiger partial charge in [-0.25, -0.2) is 4.39 Å². The fraction of sp³-hybridized carbons (Fsp3) is 0.500. The number of aliphatic hydroxyl groups is 1. The molecule has 1 N–H and O–H groups in total. The van der Waals surface area contributed by atoms with Gasteiger partial charge in [0.2, 0.25) is 0 Å². The number of carbonyl (C=O) groups excluding carboxylic acids is 2. The molecule has 1 amide bonds. The van der Waals surface area contributed by atoms with Crippen LogP contribution in [0.3, 0.4) is 0 Å². The fourth-order valence-corrected chi connectivity index (χ4v) is 3.42. The van der Waals surface area contributed by atoms with Crippen LogP contribution in [0.5, 0.6) is 0 Å². The van der Waals surface area contributed by atoms with E-state index in [9.17, 15) is 19.1 Å². The van der Waals surface area contributed by atoms with Crippen molar-refractivity contribution in [3.05, 3.63) is 47.0 Å². The Morgan fingerprint density at radius 3 is 2.56 bits per heavy atom. The predicted molar refractivity (Wildman–Crippen MR) is 94.5 cm³/mol. The average molecular weight is 347 g/mol. The molecule has 1 heterocycles. The van der Waals surface area contributed by atoms with E-state index in [4.69, 9.17) is 0 Å². The van der Waals surface area contributed by atoms with Crippen LogP contribution < -0.4 is 0 Å². The number of aliphatic hydroxyl groups excluding tert-OH is 1. The summed E-state index contributed by atoms with van der Waals surface area (Å²) < 4.78 is 14.4. The molecule has 0 aromatic heterocycles. The number of nitrogens with zero attached hydrogens (tertiary/aromatic N) is 1. The SMILES string of the molecule is CCCC[C@@H](CC)CN1C(=O)C(O)=C(C(C)=O)[C@H]1c1ccccc1F. The Hall–Kier alpha value is -2.17. The highest BCUT2D eigenvalue weighted by atomic mass is 19.1. The number of benzene rings is 1. The minimum atomic E-state index is -0.859. The smallest absolute Gasteiger partial charge is 0.290 e. The van der Waals surface area contributed by atoms with Gasteiger partial charge in [0, 0.05) is 12.1 Å². The van der Waals surface area contributed by atoms with Gasteiger partial charge in [0.15, 0.2) is 11.5 Å². The third-order valence-corrected chi connectivity index (χ3v) is 4.88. The standard InChI is InChI=1S/C20H26FNO3/c1-4-6-9-14(5-2)12-22-18(15-10-7-8-11-16(15)21)17(13(3)23)19(24)20(22)25/h7-8,10-11,14,18,24H,4-6,9,12H2,1-3H3/t14-,18-/m1/s1. The Morgan fingerprint density at radius 1 is 1.32 bits per heavy atom. The molecule has 0 fully saturated rings. The lowest BCUT2D eigenvalue weighted by Gasteiger charge is -2.30. The van der Waals surface area contributed by atoms with Crippen molar-refractivity contribution < 1.29 is 19.1 Å². The van der Waals surface area contributed by atoms with Gasteiger partial charge in [-0.2, -0.15) is 0 Å². The summed E-state index contributed by atoms with van der Waals surface area (Å²) >= 11 is 0. The molecule has 0 unspecified atom stereocenters. The zero-order valence-electron chi connectivity index (χ0n) is 15.1. The lowest BCUT2D eigenvalue weighted by atomic mass is 9.94. The molecular weight excluding hydrogens is 321 g/mol. The maximum absolute atomic E-state index is 14.4. The maximum Gasteiger partial charge on any atom is 0.290 e. The lowest BCUT2D eigenvalue weighted by Crippen LogP contribution is -2.35. The Morgan fingerprint density at radius 2 is 2.00 bits per heavy atom. The van der Waals surface area contributed by atoms with Gasteiger partial charge in [-0.1, -0.05) is 51.3 Å². The average Bonchev–Trinajstić information content (AvgIpc) is 2.83. The molecule has 2 rings (SSSR count). The maximum atomic E-state index is 14.4. The van der Waals surface area contributed by atoms with Gasteiger partial charge in [0.1, 0.15) is 5.82 Å². The van der Waals surface area contributed by atoms with Crippen LogP contribution in [-0.2, 0) is 9.59 Å². The van der Waals surface area contributed by atoms with Gasteiger partial charge in [0.05, 0.1) is 11.6 Å². The Labute approximate surface area is 148 Å². The molecule has 136 valence electrons. The van der Waals surface area contributed by atoms with Crippen LogP contribution in [0.1, 0.15) is 58.1 Å². The fourth-order valence-electron chi connectivity index (χ4n) is 3.42. The van der Waals surface area contributed by atoms with Gasteiger partial charge in [-0.05, 0) is 25.3 Å². The van der Waals surface area contributed by atoms with Crippen molar-refractivity contribution in [1.82, 2.24) is 4.90 Å². The molecular formula is C20H26FNO3. The number of rotatable bonds is 8. The van der Waals surface area contributed by atoms with E-state index in [2.05, 4.69) is 13.8 Å². The van der Waals surface area contributed by atoms with Crippen LogP contribution in [0.2, 0.25) is 0 Å². The quantitative estimate of drug-likeness (QED) is 0.761. The Bertz CT molecular complexity index is 683. The van der Waals surface area contributed by atoms with E-state index in [0.717, 1.165) is 25.7 Å². The van der Waals surface area contributed by atoms with Gasteiger partial charge in [0.25, 0.3) is 5.91 Å². The van der Waals surface area contributed by atoms with Crippen LogP contribution in [0.4, 0.5) is 4.39 Å². The Balaban J connectivity index is 2.42. The third-order valence-electron chi connectivity index (χ3n) is 4.88. The zero-order chi connectivity index (χ0) is 18.6. The Kier molecular flexibility index (Phi) is 6.34. The van der Waals surface area contributed by atoms with Crippen molar-refractivity contribution >= 4 is 11.7 Å². The topological polar surface area (TPSA) is 57.6 Å². The molecule has 0 aliphatic carbocycles. The van der Waals surface area contributed by atoms with E-state index in [1.165, 1.54) is 17.9 Å². The molecule has 1 aromatic rings. The first-order valence-corrected chi connectivity index (χ1v) is 8.91. The van der Waals surface area contributed by atoms with Crippen LogP contribution in [0.15, 0.2) is 35.6 Å². The second kappa shape index (κ2) is 8.28. The second-order valence-corrected chi connectivity index (χ2v) is 6.62. The number of carbonyl (C=O) groups is 2. The van der Waals surface area contributed by atoms with Gasteiger partial charge in [-0.3, -0.25) is 9.59 Å². The molecule has 1 aliphatic rings. The summed E-state index contributed by atoms with van der Waals surface area (Å²) in [4.78, 5) is 26.1. The summed E-state index contributed by atoms with van der Waals surface area (Å²) in [5, 5.41) is 10.2. The number of amides is 1. The molecule has 0 bridgehead atoms. The number of hydrogen-bond donors (Lipinski definition) is 1. The number of ketones is 1. The zero-order valence-corrected chi connectivity index (χ0v) is 15.1. The molecule has 25 heavy (non-hydrogen) atoms. The largest absolute Gasteiger partial charge is 0.503 e. The van der Waals surface area contributed by atoms with Gasteiger partial charge in [-0.15, -0.1) is 0 Å². The number of hydrogen-bond acceptors (Lipinski definition) is 3. The molecule has 2 atom stereocenters. The highest BCUT2D eigenvalue weighted by molar-refractivity contribution is 6.08. The molecule has 0 saturated heterocycles. The molecule has 1 aromatic carbocycles. The predicted octanol–water partition coefficient (Wildman–Crippen LogP) is 4.33. The van der Waals surface area contributed by atoms with Gasteiger partial charge < -0.3 is 10.0 Å². The highest BCUT2D eigenvalue weighted by Crippen LogP contribution is 2.39. The third kappa shape index (κ3) is 3.91. The lowest BCUT2D eigenvalue weighted by molar-refractivity contribution is -0.130. The summed E-state index contributed by atoms with van der Waals surface area (Å²) in [6.07, 6.45) is 3.94.